The SMILES string of the molecule is COP(=O)(OC)N(C)c1c(C)cccc1C. The van der Waals surface area contributed by atoms with Gasteiger partial charge >= 0.3 is 7.75 Å². The maximum atomic E-state index is 12.2. The molecule has 1 rings (SSSR count). The lowest BCUT2D eigenvalue weighted by Crippen LogP contribution is -2.17. The Bertz CT molecular complexity index is 391. The molecule has 0 spiro atoms. The first-order chi connectivity index (χ1) is 7.46. The molecular formula is C11H18NO3P. The van der Waals surface area contributed by atoms with Gasteiger partial charge in [0.15, 0.2) is 0 Å². The van der Waals surface area contributed by atoms with Crippen molar-refractivity contribution in [2.45, 2.75) is 13.8 Å². The smallest absolute Gasteiger partial charge is 0.296 e. The highest BCUT2D eigenvalue weighted by Crippen LogP contribution is 2.52. The minimum Gasteiger partial charge on any atom is -0.296 e. The quantitative estimate of drug-likeness (QED) is 0.761. The molecule has 0 unspecified atom stereocenters. The van der Waals surface area contributed by atoms with Crippen LogP contribution < -0.4 is 4.67 Å². The third-order valence-corrected chi connectivity index (χ3v) is 4.45. The molecular weight excluding hydrogens is 225 g/mol. The first-order valence-corrected chi connectivity index (χ1v) is 6.47. The van der Waals surface area contributed by atoms with Gasteiger partial charge in [-0.15, -0.1) is 0 Å². The number of nitrogens with zero attached hydrogens (tertiary/aromatic N) is 1. The summed E-state index contributed by atoms with van der Waals surface area (Å²) in [6.45, 7) is 3.93. The Balaban J connectivity index is 3.24. The van der Waals surface area contributed by atoms with Gasteiger partial charge < -0.3 is 0 Å². The van der Waals surface area contributed by atoms with E-state index >= 15 is 0 Å². The van der Waals surface area contributed by atoms with E-state index in [2.05, 4.69) is 0 Å². The summed E-state index contributed by atoms with van der Waals surface area (Å²) in [5.74, 6) is 0. The van der Waals surface area contributed by atoms with E-state index in [1.165, 1.54) is 14.2 Å². The molecule has 0 aliphatic heterocycles. The Morgan fingerprint density at radius 2 is 1.56 bits per heavy atom. The van der Waals surface area contributed by atoms with Crippen LogP contribution in [0.4, 0.5) is 5.69 Å². The van der Waals surface area contributed by atoms with Gasteiger partial charge in [0.1, 0.15) is 0 Å². The van der Waals surface area contributed by atoms with Gasteiger partial charge in [-0.2, -0.15) is 0 Å². The molecule has 0 heterocycles. The molecule has 90 valence electrons. The zero-order valence-corrected chi connectivity index (χ0v) is 11.2. The number of benzene rings is 1. The van der Waals surface area contributed by atoms with Crippen molar-refractivity contribution >= 4 is 13.4 Å². The van der Waals surface area contributed by atoms with E-state index in [9.17, 15) is 4.57 Å². The number of para-hydroxylation sites is 1. The van der Waals surface area contributed by atoms with Gasteiger partial charge in [0, 0.05) is 21.3 Å². The van der Waals surface area contributed by atoms with Crippen LogP contribution in [0.1, 0.15) is 11.1 Å². The van der Waals surface area contributed by atoms with E-state index in [1.54, 1.807) is 11.7 Å². The summed E-state index contributed by atoms with van der Waals surface area (Å²) in [4.78, 5) is 0. The molecule has 1 aromatic carbocycles. The molecule has 16 heavy (non-hydrogen) atoms. The molecule has 0 aliphatic carbocycles. The van der Waals surface area contributed by atoms with E-state index in [4.69, 9.17) is 9.05 Å². The predicted octanol–water partition coefficient (Wildman–Crippen LogP) is 3.14. The predicted molar refractivity (Wildman–Crippen MR) is 65.9 cm³/mol. The first-order valence-electron chi connectivity index (χ1n) is 4.98. The standard InChI is InChI=1S/C11H18NO3P/c1-9-7-6-8-10(2)11(9)12(3)16(13,14-4)15-5/h6-8H,1-5H3. The van der Waals surface area contributed by atoms with Crippen LogP contribution in [0.3, 0.4) is 0 Å². The Morgan fingerprint density at radius 1 is 1.12 bits per heavy atom. The molecule has 0 atom stereocenters. The minimum absolute atomic E-state index is 0.884. The van der Waals surface area contributed by atoms with Crippen LogP contribution in [0.5, 0.6) is 0 Å². The van der Waals surface area contributed by atoms with Gasteiger partial charge in [0.25, 0.3) is 0 Å². The summed E-state index contributed by atoms with van der Waals surface area (Å²) < 4.78 is 23.7. The monoisotopic (exact) mass is 243 g/mol. The summed E-state index contributed by atoms with van der Waals surface area (Å²) in [7, 11) is 1.26. The maximum absolute atomic E-state index is 12.2. The maximum Gasteiger partial charge on any atom is 0.434 e. The van der Waals surface area contributed by atoms with Crippen LogP contribution in [0.25, 0.3) is 0 Å². The zero-order chi connectivity index (χ0) is 12.3. The second-order valence-corrected chi connectivity index (χ2v) is 5.87. The third kappa shape index (κ3) is 2.29. The van der Waals surface area contributed by atoms with Crippen molar-refractivity contribution in [1.29, 1.82) is 0 Å². The number of aryl methyl sites for hydroxylation is 2. The molecule has 0 aliphatic rings. The van der Waals surface area contributed by atoms with Gasteiger partial charge in [-0.1, -0.05) is 18.2 Å². The van der Waals surface area contributed by atoms with Crippen molar-refractivity contribution in [2.75, 3.05) is 25.9 Å². The van der Waals surface area contributed by atoms with Crippen LogP contribution in [-0.2, 0) is 13.6 Å². The second-order valence-electron chi connectivity index (χ2n) is 3.60. The number of anilines is 1. The Hall–Kier alpha value is -0.830. The summed E-state index contributed by atoms with van der Waals surface area (Å²) in [6, 6.07) is 5.90. The minimum atomic E-state index is -3.21. The van der Waals surface area contributed by atoms with Crippen molar-refractivity contribution in [3.63, 3.8) is 0 Å². The fraction of sp³-hybridized carbons (Fsp3) is 0.455. The van der Waals surface area contributed by atoms with Crippen molar-refractivity contribution in [3.8, 4) is 0 Å². The molecule has 0 aromatic heterocycles. The lowest BCUT2D eigenvalue weighted by Gasteiger charge is -2.28. The topological polar surface area (TPSA) is 38.8 Å². The normalized spacial score (nSPS) is 11.6. The lowest BCUT2D eigenvalue weighted by atomic mass is 10.1. The highest BCUT2D eigenvalue weighted by molar-refractivity contribution is 7.55. The lowest BCUT2D eigenvalue weighted by molar-refractivity contribution is 0.274. The molecule has 0 bridgehead atoms. The van der Waals surface area contributed by atoms with Crippen molar-refractivity contribution < 1.29 is 13.6 Å². The Kier molecular flexibility index (Phi) is 4.14. The van der Waals surface area contributed by atoms with Crippen LogP contribution in [0.2, 0.25) is 0 Å². The largest absolute Gasteiger partial charge is 0.434 e. The fourth-order valence-electron chi connectivity index (χ4n) is 1.76. The third-order valence-electron chi connectivity index (χ3n) is 2.59. The van der Waals surface area contributed by atoms with Gasteiger partial charge in [-0.05, 0) is 25.0 Å². The molecule has 0 saturated heterocycles. The molecule has 4 nitrogen and oxygen atoms in total. The van der Waals surface area contributed by atoms with E-state index < -0.39 is 7.75 Å². The van der Waals surface area contributed by atoms with Crippen molar-refractivity contribution in [2.24, 2.45) is 0 Å². The molecule has 0 fully saturated rings. The number of rotatable bonds is 4. The van der Waals surface area contributed by atoms with Gasteiger partial charge in [0.2, 0.25) is 0 Å². The highest BCUT2D eigenvalue weighted by Gasteiger charge is 2.29. The second kappa shape index (κ2) is 5.00. The summed E-state index contributed by atoms with van der Waals surface area (Å²) in [5.41, 5.74) is 2.96. The highest BCUT2D eigenvalue weighted by atomic mass is 31.2. The molecule has 1 aromatic rings. The first kappa shape index (κ1) is 13.2. The molecule has 0 radical (unpaired) electrons. The summed E-state index contributed by atoms with van der Waals surface area (Å²) in [6.07, 6.45) is 0. The van der Waals surface area contributed by atoms with Gasteiger partial charge in [-0.3, -0.25) is 13.7 Å². The molecule has 5 heteroatoms. The Labute approximate surface area is 96.8 Å². The fourth-order valence-corrected chi connectivity index (χ4v) is 2.96. The van der Waals surface area contributed by atoms with Crippen LogP contribution in [0, 0.1) is 13.8 Å². The average Bonchev–Trinajstić information content (AvgIpc) is 2.27. The molecule has 0 N–H and O–H groups in total. The van der Waals surface area contributed by atoms with Crippen molar-refractivity contribution in [3.05, 3.63) is 29.3 Å². The van der Waals surface area contributed by atoms with Gasteiger partial charge in [0.05, 0.1) is 5.69 Å². The molecule has 0 saturated carbocycles. The van der Waals surface area contributed by atoms with Gasteiger partial charge in [-0.25, -0.2) is 4.57 Å². The van der Waals surface area contributed by atoms with Crippen LogP contribution >= 0.6 is 7.75 Å². The van der Waals surface area contributed by atoms with Crippen LogP contribution in [0.15, 0.2) is 18.2 Å². The average molecular weight is 243 g/mol. The van der Waals surface area contributed by atoms with E-state index in [0.717, 1.165) is 16.8 Å². The van der Waals surface area contributed by atoms with Crippen molar-refractivity contribution in [1.82, 2.24) is 0 Å². The zero-order valence-electron chi connectivity index (χ0n) is 10.4. The number of hydrogen-bond acceptors (Lipinski definition) is 3. The Morgan fingerprint density at radius 3 is 1.94 bits per heavy atom. The number of hydrogen-bond donors (Lipinski definition) is 0. The summed E-state index contributed by atoms with van der Waals surface area (Å²) >= 11 is 0. The van der Waals surface area contributed by atoms with E-state index in [1.807, 2.05) is 32.0 Å². The van der Waals surface area contributed by atoms with E-state index in [-0.39, 0.29) is 0 Å². The van der Waals surface area contributed by atoms with E-state index in [0.29, 0.717) is 0 Å². The molecule has 0 amide bonds. The summed E-state index contributed by atoms with van der Waals surface area (Å²) in [5, 5.41) is 0. The van der Waals surface area contributed by atoms with Crippen LogP contribution in [-0.4, -0.2) is 21.3 Å².